The van der Waals surface area contributed by atoms with E-state index in [0.29, 0.717) is 42.9 Å². The van der Waals surface area contributed by atoms with Crippen molar-refractivity contribution < 1.29 is 19.8 Å². The zero-order valence-electron chi connectivity index (χ0n) is 18.2. The SMILES string of the molecule is C=C(CCC(=O)N1CCCC(C(=O)O)C1)N(CC(C)(C)C)c1ccc(Cl)cc1CO. The summed E-state index contributed by atoms with van der Waals surface area (Å²) in [7, 11) is 0. The third kappa shape index (κ3) is 6.74. The number of anilines is 1. The van der Waals surface area contributed by atoms with E-state index in [1.807, 2.05) is 11.0 Å². The van der Waals surface area contributed by atoms with Crippen LogP contribution < -0.4 is 4.90 Å². The molecule has 0 bridgehead atoms. The molecule has 6 nitrogen and oxygen atoms in total. The van der Waals surface area contributed by atoms with Gasteiger partial charge in [0.25, 0.3) is 0 Å². The monoisotopic (exact) mass is 436 g/mol. The number of benzene rings is 1. The first-order valence-corrected chi connectivity index (χ1v) is 10.7. The maximum Gasteiger partial charge on any atom is 0.308 e. The number of aliphatic hydroxyl groups is 1. The number of rotatable bonds is 8. The van der Waals surface area contributed by atoms with Gasteiger partial charge in [-0.25, -0.2) is 0 Å². The van der Waals surface area contributed by atoms with Crippen molar-refractivity contribution in [3.63, 3.8) is 0 Å². The van der Waals surface area contributed by atoms with E-state index in [1.165, 1.54) is 0 Å². The molecule has 0 radical (unpaired) electrons. The smallest absolute Gasteiger partial charge is 0.308 e. The van der Waals surface area contributed by atoms with Gasteiger partial charge in [0.15, 0.2) is 0 Å². The van der Waals surface area contributed by atoms with Gasteiger partial charge in [-0.15, -0.1) is 0 Å². The van der Waals surface area contributed by atoms with Gasteiger partial charge in [-0.2, -0.15) is 0 Å². The second kappa shape index (κ2) is 10.3. The van der Waals surface area contributed by atoms with E-state index in [4.69, 9.17) is 11.6 Å². The molecule has 1 aliphatic heterocycles. The Hall–Kier alpha value is -2.05. The topological polar surface area (TPSA) is 81.1 Å². The van der Waals surface area contributed by atoms with E-state index in [-0.39, 0.29) is 30.9 Å². The Morgan fingerprint density at radius 2 is 2.00 bits per heavy atom. The maximum absolute atomic E-state index is 12.7. The summed E-state index contributed by atoms with van der Waals surface area (Å²) < 4.78 is 0. The van der Waals surface area contributed by atoms with Gasteiger partial charge >= 0.3 is 5.97 Å². The first-order valence-electron chi connectivity index (χ1n) is 10.4. The predicted octanol–water partition coefficient (Wildman–Crippen LogP) is 4.30. The number of hydrogen-bond donors (Lipinski definition) is 2. The molecule has 1 aromatic carbocycles. The highest BCUT2D eigenvalue weighted by Gasteiger charge is 2.28. The third-order valence-electron chi connectivity index (χ3n) is 5.27. The number of halogens is 1. The summed E-state index contributed by atoms with van der Waals surface area (Å²) in [6.07, 6.45) is 2.06. The molecule has 0 aliphatic carbocycles. The first kappa shape index (κ1) is 24.2. The average Bonchev–Trinajstić information content (AvgIpc) is 2.69. The van der Waals surface area contributed by atoms with Crippen LogP contribution in [-0.2, 0) is 16.2 Å². The van der Waals surface area contributed by atoms with E-state index in [0.717, 1.165) is 11.4 Å². The summed E-state index contributed by atoms with van der Waals surface area (Å²) in [4.78, 5) is 27.7. The molecule has 1 saturated heterocycles. The van der Waals surface area contributed by atoms with Gasteiger partial charge in [0.2, 0.25) is 5.91 Å². The molecule has 1 unspecified atom stereocenters. The van der Waals surface area contributed by atoms with Crippen molar-refractivity contribution in [3.05, 3.63) is 41.1 Å². The summed E-state index contributed by atoms with van der Waals surface area (Å²) in [5.41, 5.74) is 2.28. The van der Waals surface area contributed by atoms with Gasteiger partial charge < -0.3 is 20.0 Å². The van der Waals surface area contributed by atoms with Crippen molar-refractivity contribution in [1.29, 1.82) is 0 Å². The molecule has 2 N–H and O–H groups in total. The Morgan fingerprint density at radius 3 is 2.60 bits per heavy atom. The Kier molecular flexibility index (Phi) is 8.33. The molecule has 166 valence electrons. The molecule has 0 aromatic heterocycles. The molecular formula is C23H33ClN2O4. The van der Waals surface area contributed by atoms with Gasteiger partial charge in [-0.1, -0.05) is 39.0 Å². The van der Waals surface area contributed by atoms with E-state index >= 15 is 0 Å². The highest BCUT2D eigenvalue weighted by molar-refractivity contribution is 6.30. The van der Waals surface area contributed by atoms with Gasteiger partial charge in [-0.3, -0.25) is 9.59 Å². The number of allylic oxidation sites excluding steroid dienone is 1. The Bertz CT molecular complexity index is 788. The van der Waals surface area contributed by atoms with Crippen LogP contribution in [0.4, 0.5) is 5.69 Å². The minimum absolute atomic E-state index is 0.0408. The summed E-state index contributed by atoms with van der Waals surface area (Å²) in [5.74, 6) is -1.37. The number of piperidine rings is 1. The van der Waals surface area contributed by atoms with Crippen LogP contribution in [0.5, 0.6) is 0 Å². The van der Waals surface area contributed by atoms with E-state index < -0.39 is 11.9 Å². The van der Waals surface area contributed by atoms with E-state index in [1.54, 1.807) is 17.0 Å². The number of likely N-dealkylation sites (tertiary alicyclic amines) is 1. The minimum Gasteiger partial charge on any atom is -0.481 e. The largest absolute Gasteiger partial charge is 0.481 e. The van der Waals surface area contributed by atoms with Crippen molar-refractivity contribution in [2.24, 2.45) is 11.3 Å². The molecule has 1 aromatic rings. The molecule has 1 atom stereocenters. The maximum atomic E-state index is 12.7. The van der Waals surface area contributed by atoms with Crippen LogP contribution in [-0.4, -0.2) is 46.6 Å². The molecular weight excluding hydrogens is 404 g/mol. The number of aliphatic carboxylic acids is 1. The van der Waals surface area contributed by atoms with Gasteiger partial charge in [0.05, 0.1) is 12.5 Å². The van der Waals surface area contributed by atoms with Gasteiger partial charge in [-0.05, 0) is 42.9 Å². The number of aliphatic hydroxyl groups excluding tert-OH is 1. The highest BCUT2D eigenvalue weighted by Crippen LogP contribution is 2.31. The number of carboxylic acid groups (broad SMARTS) is 1. The number of carbonyl (C=O) groups excluding carboxylic acids is 1. The number of carboxylic acids is 1. The first-order chi connectivity index (χ1) is 14.0. The lowest BCUT2D eigenvalue weighted by Gasteiger charge is -2.35. The van der Waals surface area contributed by atoms with Crippen LogP contribution in [0.15, 0.2) is 30.5 Å². The van der Waals surface area contributed by atoms with Crippen molar-refractivity contribution in [2.75, 3.05) is 24.5 Å². The average molecular weight is 437 g/mol. The Labute approximate surface area is 184 Å². The number of hydrogen-bond acceptors (Lipinski definition) is 4. The lowest BCUT2D eigenvalue weighted by Crippen LogP contribution is -2.42. The lowest BCUT2D eigenvalue weighted by molar-refractivity contribution is -0.145. The molecule has 2 rings (SSSR count). The molecule has 7 heteroatoms. The van der Waals surface area contributed by atoms with Crippen LogP contribution in [0.3, 0.4) is 0 Å². The standard InChI is InChI=1S/C23H33ClN2O4/c1-16(7-10-21(28)25-11-5-6-17(13-25)22(29)30)26(15-23(2,3)4)20-9-8-19(24)12-18(20)14-27/h8-9,12,17,27H,1,5-7,10-11,13-15H2,2-4H3,(H,29,30). The van der Waals surface area contributed by atoms with Gasteiger partial charge in [0, 0.05) is 48.0 Å². The second-order valence-corrected chi connectivity index (χ2v) is 9.60. The normalized spacial score (nSPS) is 17.0. The Morgan fingerprint density at radius 1 is 1.30 bits per heavy atom. The van der Waals surface area contributed by atoms with Crippen molar-refractivity contribution in [3.8, 4) is 0 Å². The van der Waals surface area contributed by atoms with Gasteiger partial charge in [0.1, 0.15) is 0 Å². The molecule has 1 aliphatic rings. The predicted molar refractivity (Wildman–Crippen MR) is 119 cm³/mol. The van der Waals surface area contributed by atoms with Crippen LogP contribution >= 0.6 is 11.6 Å². The summed E-state index contributed by atoms with van der Waals surface area (Å²) in [6.45, 7) is 12.0. The number of carbonyl (C=O) groups is 2. The van der Waals surface area contributed by atoms with Crippen LogP contribution in [0.1, 0.15) is 52.0 Å². The quantitative estimate of drug-likeness (QED) is 0.634. The molecule has 1 fully saturated rings. The zero-order valence-corrected chi connectivity index (χ0v) is 18.9. The lowest BCUT2D eigenvalue weighted by atomic mass is 9.94. The molecule has 1 heterocycles. The molecule has 30 heavy (non-hydrogen) atoms. The fraction of sp³-hybridized carbons (Fsp3) is 0.565. The van der Waals surface area contributed by atoms with E-state index in [2.05, 4.69) is 27.4 Å². The fourth-order valence-corrected chi connectivity index (χ4v) is 3.93. The molecule has 1 amide bonds. The van der Waals surface area contributed by atoms with Crippen LogP contribution in [0, 0.1) is 11.3 Å². The summed E-state index contributed by atoms with van der Waals surface area (Å²) in [5, 5.41) is 19.6. The van der Waals surface area contributed by atoms with E-state index in [9.17, 15) is 19.8 Å². The third-order valence-corrected chi connectivity index (χ3v) is 5.50. The zero-order chi connectivity index (χ0) is 22.5. The number of nitrogens with zero attached hydrogens (tertiary/aromatic N) is 2. The summed E-state index contributed by atoms with van der Waals surface area (Å²) in [6, 6.07) is 5.39. The van der Waals surface area contributed by atoms with Crippen molar-refractivity contribution >= 4 is 29.2 Å². The number of amides is 1. The highest BCUT2D eigenvalue weighted by atomic mass is 35.5. The second-order valence-electron chi connectivity index (χ2n) is 9.16. The fourth-order valence-electron chi connectivity index (χ4n) is 3.74. The van der Waals surface area contributed by atoms with Crippen molar-refractivity contribution in [2.45, 2.75) is 53.1 Å². The molecule has 0 spiro atoms. The summed E-state index contributed by atoms with van der Waals surface area (Å²) >= 11 is 6.09. The Balaban J connectivity index is 2.11. The van der Waals surface area contributed by atoms with Crippen LogP contribution in [0.2, 0.25) is 5.02 Å². The molecule has 0 saturated carbocycles. The minimum atomic E-state index is -0.840. The van der Waals surface area contributed by atoms with Crippen LogP contribution in [0.25, 0.3) is 0 Å². The van der Waals surface area contributed by atoms with Crippen molar-refractivity contribution in [1.82, 2.24) is 4.90 Å².